The van der Waals surface area contributed by atoms with Crippen molar-refractivity contribution in [1.29, 1.82) is 0 Å². The zero-order chi connectivity index (χ0) is 26.7. The van der Waals surface area contributed by atoms with Gasteiger partial charge in [-0.3, -0.25) is 19.8 Å². The lowest BCUT2D eigenvalue weighted by Gasteiger charge is -2.11. The fourth-order valence-corrected chi connectivity index (χ4v) is 4.51. The van der Waals surface area contributed by atoms with Gasteiger partial charge in [-0.25, -0.2) is 15.1 Å². The van der Waals surface area contributed by atoms with Gasteiger partial charge in [0.05, 0.1) is 24.1 Å². The Bertz CT molecular complexity index is 1430. The smallest absolute Gasteiger partial charge is 0.270 e. The SMILES string of the molecule is O=C(CSc1nnc(Cc2csc(NC(=O)CCl)n2)n1NC(=O)c1ccccc1)N/N=C/c1ccccc1. The van der Waals surface area contributed by atoms with E-state index < -0.39 is 0 Å². The maximum absolute atomic E-state index is 12.9. The fraction of sp³-hybridized carbons (Fsp3) is 0.125. The molecule has 0 saturated heterocycles. The van der Waals surface area contributed by atoms with Crippen molar-refractivity contribution in [3.05, 3.63) is 88.7 Å². The van der Waals surface area contributed by atoms with Crippen molar-refractivity contribution in [3.8, 4) is 0 Å². The summed E-state index contributed by atoms with van der Waals surface area (Å²) in [5, 5.41) is 17.4. The van der Waals surface area contributed by atoms with Gasteiger partial charge in [0.15, 0.2) is 11.0 Å². The van der Waals surface area contributed by atoms with Gasteiger partial charge in [-0.1, -0.05) is 60.3 Å². The molecule has 0 bridgehead atoms. The quantitative estimate of drug-likeness (QED) is 0.109. The van der Waals surface area contributed by atoms with E-state index in [-0.39, 0.29) is 35.8 Å². The van der Waals surface area contributed by atoms with Crippen molar-refractivity contribution in [1.82, 2.24) is 25.3 Å². The summed E-state index contributed by atoms with van der Waals surface area (Å²) in [5.74, 6) is -0.904. The predicted molar refractivity (Wildman–Crippen MR) is 147 cm³/mol. The molecule has 3 N–H and O–H groups in total. The number of alkyl halides is 1. The molecule has 0 aliphatic heterocycles. The summed E-state index contributed by atoms with van der Waals surface area (Å²) in [7, 11) is 0. The fourth-order valence-electron chi connectivity index (χ4n) is 3.02. The van der Waals surface area contributed by atoms with Crippen LogP contribution in [-0.4, -0.2) is 55.4 Å². The normalized spacial score (nSPS) is 10.9. The minimum atomic E-state index is -0.376. The molecule has 4 rings (SSSR count). The number of nitrogens with one attached hydrogen (secondary N) is 3. The van der Waals surface area contributed by atoms with Gasteiger partial charge < -0.3 is 5.32 Å². The second-order valence-electron chi connectivity index (χ2n) is 7.54. The van der Waals surface area contributed by atoms with Crippen LogP contribution in [0.4, 0.5) is 5.13 Å². The number of thioether (sulfide) groups is 1. The van der Waals surface area contributed by atoms with E-state index in [2.05, 4.69) is 36.5 Å². The highest BCUT2D eigenvalue weighted by Gasteiger charge is 2.19. The van der Waals surface area contributed by atoms with E-state index in [1.807, 2.05) is 36.4 Å². The van der Waals surface area contributed by atoms with E-state index in [0.29, 0.717) is 27.4 Å². The zero-order valence-electron chi connectivity index (χ0n) is 19.7. The second-order valence-corrected chi connectivity index (χ2v) is 9.60. The molecule has 11 nitrogen and oxygen atoms in total. The van der Waals surface area contributed by atoms with Crippen molar-refractivity contribution in [2.45, 2.75) is 11.6 Å². The third-order valence-electron chi connectivity index (χ3n) is 4.74. The van der Waals surface area contributed by atoms with Crippen LogP contribution in [0.2, 0.25) is 0 Å². The molecule has 14 heteroatoms. The topological polar surface area (TPSA) is 143 Å². The molecular formula is C24H21ClN8O3S2. The van der Waals surface area contributed by atoms with Gasteiger partial charge in [-0.05, 0) is 17.7 Å². The second kappa shape index (κ2) is 13.5. The predicted octanol–water partition coefficient (Wildman–Crippen LogP) is 3.13. The molecule has 0 atom stereocenters. The Kier molecular flexibility index (Phi) is 9.56. The molecule has 0 fully saturated rings. The van der Waals surface area contributed by atoms with Crippen LogP contribution < -0.4 is 16.2 Å². The van der Waals surface area contributed by atoms with Gasteiger partial charge in [0.1, 0.15) is 5.88 Å². The Hall–Kier alpha value is -4.07. The summed E-state index contributed by atoms with van der Waals surface area (Å²) >= 11 is 7.86. The third kappa shape index (κ3) is 7.71. The maximum Gasteiger partial charge on any atom is 0.270 e. The van der Waals surface area contributed by atoms with Crippen molar-refractivity contribution in [2.75, 3.05) is 22.4 Å². The lowest BCUT2D eigenvalue weighted by molar-refractivity contribution is -0.118. The van der Waals surface area contributed by atoms with Crippen LogP contribution in [-0.2, 0) is 16.0 Å². The Morgan fingerprint density at radius 3 is 2.50 bits per heavy atom. The highest BCUT2D eigenvalue weighted by atomic mass is 35.5. The summed E-state index contributed by atoms with van der Waals surface area (Å²) in [6.07, 6.45) is 1.75. The number of rotatable bonds is 11. The number of hydrazone groups is 1. The molecule has 2 aromatic carbocycles. The first-order chi connectivity index (χ1) is 18.5. The number of hydrogen-bond acceptors (Lipinski definition) is 9. The average Bonchev–Trinajstić information content (AvgIpc) is 3.54. The summed E-state index contributed by atoms with van der Waals surface area (Å²) in [6, 6.07) is 18.0. The number of benzene rings is 2. The van der Waals surface area contributed by atoms with E-state index in [9.17, 15) is 14.4 Å². The van der Waals surface area contributed by atoms with Crippen LogP contribution in [0, 0.1) is 0 Å². The first kappa shape index (κ1) is 27.0. The van der Waals surface area contributed by atoms with E-state index in [1.165, 1.54) is 16.0 Å². The molecular weight excluding hydrogens is 548 g/mol. The lowest BCUT2D eigenvalue weighted by Crippen LogP contribution is -2.26. The molecule has 0 aliphatic carbocycles. The van der Waals surface area contributed by atoms with Crippen LogP contribution in [0.1, 0.15) is 27.4 Å². The van der Waals surface area contributed by atoms with Gasteiger partial charge >= 0.3 is 0 Å². The highest BCUT2D eigenvalue weighted by molar-refractivity contribution is 7.99. The number of amides is 3. The van der Waals surface area contributed by atoms with Gasteiger partial charge in [0.25, 0.3) is 11.8 Å². The van der Waals surface area contributed by atoms with Crippen molar-refractivity contribution in [3.63, 3.8) is 0 Å². The Labute approximate surface area is 230 Å². The van der Waals surface area contributed by atoms with Crippen molar-refractivity contribution >= 4 is 63.8 Å². The number of carbonyl (C=O) groups excluding carboxylic acids is 3. The number of carbonyl (C=O) groups is 3. The number of aromatic nitrogens is 4. The molecule has 0 spiro atoms. The molecule has 38 heavy (non-hydrogen) atoms. The molecule has 2 aromatic heterocycles. The molecule has 4 aromatic rings. The standard InChI is InChI=1S/C24H21ClN8O3S2/c25-12-20(34)28-23-27-18(14-37-23)11-19-29-31-24(33(19)32-22(36)17-9-5-2-6-10-17)38-15-21(35)30-26-13-16-7-3-1-4-8-16/h1-10,13-14H,11-12,15H2,(H,30,35)(H,32,36)(H,27,28,34)/b26-13+. The maximum atomic E-state index is 12.9. The Morgan fingerprint density at radius 2 is 1.76 bits per heavy atom. The number of thiazole rings is 1. The summed E-state index contributed by atoms with van der Waals surface area (Å²) in [4.78, 5) is 41.1. The van der Waals surface area contributed by atoms with E-state index in [0.717, 1.165) is 17.3 Å². The largest absolute Gasteiger partial charge is 0.301 e. The third-order valence-corrected chi connectivity index (χ3v) is 6.72. The van der Waals surface area contributed by atoms with Crippen LogP contribution >= 0.6 is 34.7 Å². The summed E-state index contributed by atoms with van der Waals surface area (Å²) in [6.45, 7) is 0. The lowest BCUT2D eigenvalue weighted by atomic mass is 10.2. The van der Waals surface area contributed by atoms with Crippen molar-refractivity contribution in [2.24, 2.45) is 5.10 Å². The van der Waals surface area contributed by atoms with E-state index >= 15 is 0 Å². The average molecular weight is 569 g/mol. The number of anilines is 1. The van der Waals surface area contributed by atoms with Crippen LogP contribution in [0.5, 0.6) is 0 Å². The molecule has 0 unspecified atom stereocenters. The Morgan fingerprint density at radius 1 is 1.03 bits per heavy atom. The van der Waals surface area contributed by atoms with Crippen molar-refractivity contribution < 1.29 is 14.4 Å². The zero-order valence-corrected chi connectivity index (χ0v) is 22.1. The molecule has 0 radical (unpaired) electrons. The summed E-state index contributed by atoms with van der Waals surface area (Å²) in [5.41, 5.74) is 7.15. The molecule has 0 aliphatic rings. The van der Waals surface area contributed by atoms with Crippen LogP contribution in [0.15, 0.2) is 76.3 Å². The van der Waals surface area contributed by atoms with Gasteiger partial charge in [0.2, 0.25) is 11.1 Å². The molecule has 194 valence electrons. The monoisotopic (exact) mass is 568 g/mol. The van der Waals surface area contributed by atoms with Crippen LogP contribution in [0.3, 0.4) is 0 Å². The molecule has 0 saturated carbocycles. The number of nitrogens with zero attached hydrogens (tertiary/aromatic N) is 5. The molecule has 2 heterocycles. The van der Waals surface area contributed by atoms with Crippen LogP contribution in [0.25, 0.3) is 0 Å². The number of hydrogen-bond donors (Lipinski definition) is 3. The summed E-state index contributed by atoms with van der Waals surface area (Å²) < 4.78 is 1.43. The Balaban J connectivity index is 1.46. The number of halogens is 1. The first-order valence-electron chi connectivity index (χ1n) is 11.1. The first-order valence-corrected chi connectivity index (χ1v) is 13.5. The minimum absolute atomic E-state index is 0.0171. The van der Waals surface area contributed by atoms with E-state index in [1.54, 1.807) is 35.9 Å². The van der Waals surface area contributed by atoms with E-state index in [4.69, 9.17) is 11.6 Å². The van der Waals surface area contributed by atoms with Gasteiger partial charge in [-0.2, -0.15) is 5.10 Å². The minimum Gasteiger partial charge on any atom is -0.301 e. The molecule has 3 amide bonds. The van der Waals surface area contributed by atoms with Gasteiger partial charge in [-0.15, -0.1) is 33.1 Å². The highest BCUT2D eigenvalue weighted by Crippen LogP contribution is 2.21. The van der Waals surface area contributed by atoms with Gasteiger partial charge in [0, 0.05) is 10.9 Å².